The van der Waals surface area contributed by atoms with E-state index in [2.05, 4.69) is 79.0 Å². The van der Waals surface area contributed by atoms with Gasteiger partial charge in [0.2, 0.25) is 0 Å². The van der Waals surface area contributed by atoms with E-state index in [1.807, 2.05) is 0 Å². The second-order valence-corrected chi connectivity index (χ2v) is 24.1. The van der Waals surface area contributed by atoms with Crippen molar-refractivity contribution in [3.8, 4) is 0 Å². The van der Waals surface area contributed by atoms with Gasteiger partial charge in [0.05, 0.1) is 22.0 Å². The molecule has 1 aromatic carbocycles. The third kappa shape index (κ3) is 6.38. The molecule has 0 bridgehead atoms. The first kappa shape index (κ1) is 23.9. The molecule has 0 N–H and O–H groups in total. The van der Waals surface area contributed by atoms with Crippen LogP contribution in [0.15, 0.2) is 30.3 Å². The van der Waals surface area contributed by atoms with Gasteiger partial charge in [0.1, 0.15) is 6.10 Å². The van der Waals surface area contributed by atoms with E-state index in [4.69, 9.17) is 16.1 Å². The van der Waals surface area contributed by atoms with Gasteiger partial charge >= 0.3 is 0 Å². The van der Waals surface area contributed by atoms with Crippen molar-refractivity contribution in [1.82, 2.24) is 9.34 Å². The molecule has 0 radical (unpaired) electrons. The minimum absolute atomic E-state index is 0.0302. The maximum Gasteiger partial charge on any atom is 0.188 e. The van der Waals surface area contributed by atoms with Crippen molar-refractivity contribution in [2.45, 2.75) is 83.2 Å². The average Bonchev–Trinajstić information content (AvgIpc) is 2.90. The van der Waals surface area contributed by atoms with Crippen LogP contribution in [-0.2, 0) is 4.52 Å². The van der Waals surface area contributed by atoms with Gasteiger partial charge in [-0.3, -0.25) is 0 Å². The molecule has 0 aromatic heterocycles. The van der Waals surface area contributed by atoms with Crippen LogP contribution >= 0.6 is 20.1 Å². The molecule has 2 fully saturated rings. The summed E-state index contributed by atoms with van der Waals surface area (Å²) in [6.07, 6.45) is 7.82. The van der Waals surface area contributed by atoms with E-state index >= 15 is 0 Å². The highest BCUT2D eigenvalue weighted by Gasteiger charge is 2.51. The van der Waals surface area contributed by atoms with Gasteiger partial charge < -0.3 is 4.52 Å². The quantitative estimate of drug-likeness (QED) is 0.233. The fourth-order valence-electron chi connectivity index (χ4n) is 4.60. The molecule has 1 aromatic rings. The number of hydrogen-bond donors (Lipinski definition) is 0. The number of fused-ring (bicyclic) bond motifs is 1. The molecule has 1 aliphatic carbocycles. The van der Waals surface area contributed by atoms with Crippen molar-refractivity contribution in [3.05, 3.63) is 35.9 Å². The molecule has 3 atom stereocenters. The number of rotatable bonds is 8. The molecule has 1 saturated carbocycles. The van der Waals surface area contributed by atoms with Crippen LogP contribution in [0.3, 0.4) is 0 Å². The lowest BCUT2D eigenvalue weighted by atomic mass is 9.90. The summed E-state index contributed by atoms with van der Waals surface area (Å²) in [6, 6.07) is 11.9. The molecule has 1 heterocycles. The first-order chi connectivity index (χ1) is 13.6. The molecule has 164 valence electrons. The van der Waals surface area contributed by atoms with Crippen molar-refractivity contribution in [1.29, 1.82) is 0 Å². The van der Waals surface area contributed by atoms with Gasteiger partial charge in [0.25, 0.3) is 0 Å². The molecule has 3 nitrogen and oxygen atoms in total. The molecule has 0 amide bonds. The summed E-state index contributed by atoms with van der Waals surface area (Å²) in [7, 11) is -3.28. The fourth-order valence-corrected chi connectivity index (χ4v) is 12.9. The molecule has 29 heavy (non-hydrogen) atoms. The minimum atomic E-state index is -1.26. The van der Waals surface area contributed by atoms with Gasteiger partial charge in [-0.15, -0.1) is 11.6 Å². The molecule has 7 heteroatoms. The smallest absolute Gasteiger partial charge is 0.188 e. The first-order valence-electron chi connectivity index (χ1n) is 11.2. The van der Waals surface area contributed by atoms with Crippen molar-refractivity contribution in [2.24, 2.45) is 0 Å². The van der Waals surface area contributed by atoms with E-state index in [-0.39, 0.29) is 6.10 Å². The Morgan fingerprint density at radius 1 is 0.931 bits per heavy atom. The van der Waals surface area contributed by atoms with Gasteiger partial charge in [-0.25, -0.2) is 9.34 Å². The third-order valence-corrected chi connectivity index (χ3v) is 11.3. The Labute approximate surface area is 187 Å². The van der Waals surface area contributed by atoms with Crippen LogP contribution < -0.4 is 0 Å². The summed E-state index contributed by atoms with van der Waals surface area (Å²) in [5.41, 5.74) is 1.21. The van der Waals surface area contributed by atoms with Crippen LogP contribution in [0.5, 0.6) is 0 Å². The summed E-state index contributed by atoms with van der Waals surface area (Å²) in [6.45, 7) is 15.0. The highest BCUT2D eigenvalue weighted by Crippen LogP contribution is 2.60. The summed E-state index contributed by atoms with van der Waals surface area (Å²) < 4.78 is 12.6. The monoisotopic (exact) mass is 470 g/mol. The van der Waals surface area contributed by atoms with Gasteiger partial charge in [-0.05, 0) is 30.7 Å². The maximum atomic E-state index is 6.98. The third-order valence-electron chi connectivity index (χ3n) is 5.70. The Bertz CT molecular complexity index is 620. The zero-order chi connectivity index (χ0) is 21.2. The van der Waals surface area contributed by atoms with Gasteiger partial charge in [0.15, 0.2) is 8.45 Å². The number of alkyl halides is 1. The van der Waals surface area contributed by atoms with Gasteiger partial charge in [0, 0.05) is 12.1 Å². The maximum absolute atomic E-state index is 6.98. The fraction of sp³-hybridized carbons (Fsp3) is 0.727. The van der Waals surface area contributed by atoms with Crippen LogP contribution in [-0.4, -0.2) is 55.8 Å². The SMILES string of the molecule is C[Si](C)(C)CN1[C@@H]2CCCC[C@H]2N(C[Si](C)(C)C)P1O[C@H](CCl)c1ccccc1. The van der Waals surface area contributed by atoms with Crippen molar-refractivity contribution >= 4 is 36.2 Å². The number of halogens is 1. The van der Waals surface area contributed by atoms with Crippen molar-refractivity contribution in [2.75, 3.05) is 18.2 Å². The van der Waals surface area contributed by atoms with E-state index in [1.54, 1.807) is 0 Å². The van der Waals surface area contributed by atoms with Crippen LogP contribution in [0.4, 0.5) is 0 Å². The van der Waals surface area contributed by atoms with E-state index in [0.29, 0.717) is 18.0 Å². The Hall–Kier alpha value is 0.254. The second-order valence-electron chi connectivity index (χ2n) is 11.1. The molecule has 2 aliphatic rings. The lowest BCUT2D eigenvalue weighted by Crippen LogP contribution is -2.46. The zero-order valence-corrected chi connectivity index (χ0v) is 22.8. The molecule has 0 unspecified atom stereocenters. The van der Waals surface area contributed by atoms with E-state index < -0.39 is 24.6 Å². The Morgan fingerprint density at radius 3 is 1.83 bits per heavy atom. The average molecular weight is 471 g/mol. The summed E-state index contributed by atoms with van der Waals surface area (Å²) in [5.74, 6) is 0.514. The molecular weight excluding hydrogens is 431 g/mol. The summed E-state index contributed by atoms with van der Waals surface area (Å²) in [5, 5.41) is 0. The highest BCUT2D eigenvalue weighted by atomic mass is 35.5. The first-order valence-corrected chi connectivity index (χ1v) is 20.3. The van der Waals surface area contributed by atoms with Crippen molar-refractivity contribution < 1.29 is 4.52 Å². The predicted molar refractivity (Wildman–Crippen MR) is 134 cm³/mol. The standard InChI is InChI=1S/C22H40ClN2OPSi2/c1-28(2,3)17-24-20-14-10-11-15-21(20)25(18-29(4,5)6)27(24)26-22(16-23)19-12-8-7-9-13-19/h7-9,12-13,20-22H,10-11,14-18H2,1-6H3/t20-,21-,22-/m1/s1. The van der Waals surface area contributed by atoms with Crippen LogP contribution in [0.2, 0.25) is 39.3 Å². The number of benzene rings is 1. The highest BCUT2D eigenvalue weighted by molar-refractivity contribution is 7.48. The Balaban J connectivity index is 1.93. The normalized spacial score (nSPS) is 25.9. The van der Waals surface area contributed by atoms with E-state index in [0.717, 1.165) is 0 Å². The lowest BCUT2D eigenvalue weighted by Gasteiger charge is -2.37. The van der Waals surface area contributed by atoms with Crippen LogP contribution in [0.25, 0.3) is 0 Å². The molecule has 3 rings (SSSR count). The second kappa shape index (κ2) is 9.81. The van der Waals surface area contributed by atoms with E-state index in [1.165, 1.54) is 43.6 Å². The number of hydrogen-bond acceptors (Lipinski definition) is 3. The van der Waals surface area contributed by atoms with Gasteiger partial charge in [-0.1, -0.05) is 82.5 Å². The molecule has 0 spiro atoms. The number of nitrogens with zero attached hydrogens (tertiary/aromatic N) is 2. The van der Waals surface area contributed by atoms with Crippen LogP contribution in [0, 0.1) is 0 Å². The molecule has 1 aliphatic heterocycles. The molecule has 1 saturated heterocycles. The largest absolute Gasteiger partial charge is 0.322 e. The predicted octanol–water partition coefficient (Wildman–Crippen LogP) is 6.89. The Kier molecular flexibility index (Phi) is 8.09. The zero-order valence-electron chi connectivity index (χ0n) is 19.2. The topological polar surface area (TPSA) is 15.7 Å². The summed E-state index contributed by atoms with van der Waals surface area (Å²) >= 11 is 6.46. The van der Waals surface area contributed by atoms with E-state index in [9.17, 15) is 0 Å². The molecular formula is C22H40ClN2OPSi2. The lowest BCUT2D eigenvalue weighted by molar-refractivity contribution is 0.222. The van der Waals surface area contributed by atoms with Crippen molar-refractivity contribution in [3.63, 3.8) is 0 Å². The summed E-state index contributed by atoms with van der Waals surface area (Å²) in [4.78, 5) is 0. The van der Waals surface area contributed by atoms with Crippen LogP contribution in [0.1, 0.15) is 37.4 Å². The minimum Gasteiger partial charge on any atom is -0.322 e. The Morgan fingerprint density at radius 2 is 1.41 bits per heavy atom. The van der Waals surface area contributed by atoms with Gasteiger partial charge in [-0.2, -0.15) is 0 Å².